The maximum atomic E-state index is 12.9. The zero-order valence-corrected chi connectivity index (χ0v) is 16.8. The van der Waals surface area contributed by atoms with E-state index in [0.29, 0.717) is 11.5 Å². The highest BCUT2D eigenvalue weighted by Crippen LogP contribution is 2.61. The first-order valence-corrected chi connectivity index (χ1v) is 11.0. The summed E-state index contributed by atoms with van der Waals surface area (Å²) in [5.74, 6) is 3.37. The minimum atomic E-state index is 0.0523. The molecule has 4 bridgehead atoms. The van der Waals surface area contributed by atoms with Gasteiger partial charge in [-0.2, -0.15) is 0 Å². The Kier molecular flexibility index (Phi) is 4.81. The number of likely N-dealkylation sites (tertiary alicyclic amines) is 1. The lowest BCUT2D eigenvalue weighted by Gasteiger charge is -2.59. The van der Waals surface area contributed by atoms with Gasteiger partial charge in [0, 0.05) is 31.0 Å². The van der Waals surface area contributed by atoms with E-state index < -0.39 is 0 Å². The van der Waals surface area contributed by atoms with E-state index in [1.54, 1.807) is 0 Å². The number of hydrogen-bond acceptors (Lipinski definition) is 2. The molecule has 0 aromatic carbocycles. The second kappa shape index (κ2) is 6.83. The SMILES string of the molecule is CC(C)C(=O)N1CCC(C(=O)N[C@H](C)C23CC4CC(CC(C4)C2)C3)CC1. The summed E-state index contributed by atoms with van der Waals surface area (Å²) in [7, 11) is 0. The second-order valence-corrected chi connectivity index (χ2v) is 10.3. The van der Waals surface area contributed by atoms with E-state index in [1.807, 2.05) is 18.7 Å². The van der Waals surface area contributed by atoms with Gasteiger partial charge in [-0.15, -0.1) is 0 Å². The first-order chi connectivity index (χ1) is 12.4. The highest BCUT2D eigenvalue weighted by atomic mass is 16.2. The Morgan fingerprint density at radius 1 is 0.923 bits per heavy atom. The Morgan fingerprint density at radius 3 is 1.88 bits per heavy atom. The summed E-state index contributed by atoms with van der Waals surface area (Å²) in [6.45, 7) is 7.65. The van der Waals surface area contributed by atoms with Crippen molar-refractivity contribution in [2.75, 3.05) is 13.1 Å². The van der Waals surface area contributed by atoms with Gasteiger partial charge in [0.25, 0.3) is 0 Å². The van der Waals surface area contributed by atoms with Crippen molar-refractivity contribution >= 4 is 11.8 Å². The van der Waals surface area contributed by atoms with Gasteiger partial charge in [-0.25, -0.2) is 0 Å². The number of rotatable bonds is 4. The average molecular weight is 361 g/mol. The highest BCUT2D eigenvalue weighted by Gasteiger charge is 2.53. The molecule has 0 unspecified atom stereocenters. The molecule has 5 fully saturated rings. The van der Waals surface area contributed by atoms with Gasteiger partial charge in [-0.05, 0) is 81.5 Å². The van der Waals surface area contributed by atoms with Crippen LogP contribution in [0.25, 0.3) is 0 Å². The quantitative estimate of drug-likeness (QED) is 0.833. The van der Waals surface area contributed by atoms with Crippen LogP contribution in [-0.2, 0) is 9.59 Å². The minimum Gasteiger partial charge on any atom is -0.353 e. The molecule has 4 saturated carbocycles. The smallest absolute Gasteiger partial charge is 0.225 e. The van der Waals surface area contributed by atoms with Crippen LogP contribution >= 0.6 is 0 Å². The zero-order valence-electron chi connectivity index (χ0n) is 16.8. The van der Waals surface area contributed by atoms with Gasteiger partial charge in [0.1, 0.15) is 0 Å². The van der Waals surface area contributed by atoms with Gasteiger partial charge in [-0.3, -0.25) is 9.59 Å². The van der Waals surface area contributed by atoms with Crippen LogP contribution in [0.2, 0.25) is 0 Å². The standard InChI is InChI=1S/C22H36N2O2/c1-14(2)21(26)24-6-4-19(5-7-24)20(25)23-15(3)22-11-16-8-17(12-22)10-18(9-16)13-22/h14-19H,4-13H2,1-3H3,(H,23,25)/t15-,16?,17?,18?,22?/m1/s1. The van der Waals surface area contributed by atoms with E-state index in [-0.39, 0.29) is 23.7 Å². The Labute approximate surface area is 158 Å². The number of hydrogen-bond donors (Lipinski definition) is 1. The third kappa shape index (κ3) is 3.29. The molecule has 146 valence electrons. The third-order valence-corrected chi connectivity index (χ3v) is 8.03. The number of carbonyl (C=O) groups is 2. The van der Waals surface area contributed by atoms with Crippen molar-refractivity contribution in [3.05, 3.63) is 0 Å². The topological polar surface area (TPSA) is 49.4 Å². The fourth-order valence-corrected chi connectivity index (χ4v) is 6.92. The van der Waals surface area contributed by atoms with Crippen LogP contribution in [0.4, 0.5) is 0 Å². The van der Waals surface area contributed by atoms with Crippen LogP contribution in [-0.4, -0.2) is 35.8 Å². The molecular formula is C22H36N2O2. The Morgan fingerprint density at radius 2 is 1.42 bits per heavy atom. The van der Waals surface area contributed by atoms with Gasteiger partial charge < -0.3 is 10.2 Å². The lowest BCUT2D eigenvalue weighted by atomic mass is 9.48. The normalized spacial score (nSPS) is 37.8. The summed E-state index contributed by atoms with van der Waals surface area (Å²) in [6, 6.07) is 0.304. The summed E-state index contributed by atoms with van der Waals surface area (Å²) in [4.78, 5) is 27.0. The highest BCUT2D eigenvalue weighted by molar-refractivity contribution is 5.81. The summed E-state index contributed by atoms with van der Waals surface area (Å²) in [6.07, 6.45) is 9.98. The number of nitrogens with one attached hydrogen (secondary N) is 1. The van der Waals surface area contributed by atoms with E-state index in [9.17, 15) is 9.59 Å². The van der Waals surface area contributed by atoms with E-state index in [0.717, 1.165) is 43.7 Å². The largest absolute Gasteiger partial charge is 0.353 e. The Bertz CT molecular complexity index is 527. The van der Waals surface area contributed by atoms with Crippen molar-refractivity contribution < 1.29 is 9.59 Å². The molecule has 1 saturated heterocycles. The number of amides is 2. The molecule has 0 radical (unpaired) electrons. The van der Waals surface area contributed by atoms with Crippen molar-refractivity contribution in [1.29, 1.82) is 0 Å². The molecule has 1 atom stereocenters. The average Bonchev–Trinajstić information content (AvgIpc) is 2.60. The Balaban J connectivity index is 1.32. The molecule has 5 rings (SSSR count). The minimum absolute atomic E-state index is 0.0523. The van der Waals surface area contributed by atoms with Gasteiger partial charge in [0.05, 0.1) is 0 Å². The maximum Gasteiger partial charge on any atom is 0.225 e. The van der Waals surface area contributed by atoms with Gasteiger partial charge in [0.15, 0.2) is 0 Å². The molecule has 26 heavy (non-hydrogen) atoms. The molecule has 0 aromatic heterocycles. The summed E-state index contributed by atoms with van der Waals surface area (Å²) >= 11 is 0. The van der Waals surface area contributed by atoms with Crippen molar-refractivity contribution in [3.8, 4) is 0 Å². The predicted molar refractivity (Wildman–Crippen MR) is 102 cm³/mol. The lowest BCUT2D eigenvalue weighted by Crippen LogP contribution is -2.57. The molecular weight excluding hydrogens is 324 g/mol. The van der Waals surface area contributed by atoms with Crippen molar-refractivity contribution in [2.45, 2.75) is 78.2 Å². The molecule has 1 N–H and O–H groups in total. The van der Waals surface area contributed by atoms with Gasteiger partial charge in [0.2, 0.25) is 11.8 Å². The molecule has 2 amide bonds. The lowest BCUT2D eigenvalue weighted by molar-refractivity contribution is -0.139. The van der Waals surface area contributed by atoms with E-state index in [2.05, 4.69) is 12.2 Å². The molecule has 4 nitrogen and oxygen atoms in total. The fraction of sp³-hybridized carbons (Fsp3) is 0.909. The molecule has 4 aliphatic carbocycles. The van der Waals surface area contributed by atoms with E-state index in [1.165, 1.54) is 38.5 Å². The molecule has 4 heteroatoms. The van der Waals surface area contributed by atoms with Crippen molar-refractivity contribution in [1.82, 2.24) is 10.2 Å². The molecule has 0 spiro atoms. The third-order valence-electron chi connectivity index (χ3n) is 8.03. The fourth-order valence-electron chi connectivity index (χ4n) is 6.92. The van der Waals surface area contributed by atoms with Crippen LogP contribution in [0.15, 0.2) is 0 Å². The molecule has 1 aliphatic heterocycles. The zero-order chi connectivity index (χ0) is 18.5. The number of carbonyl (C=O) groups excluding carboxylic acids is 2. The summed E-state index contributed by atoms with van der Waals surface area (Å²) in [5.41, 5.74) is 0.374. The van der Waals surface area contributed by atoms with E-state index >= 15 is 0 Å². The first-order valence-electron chi connectivity index (χ1n) is 11.0. The van der Waals surface area contributed by atoms with Crippen molar-refractivity contribution in [3.63, 3.8) is 0 Å². The van der Waals surface area contributed by atoms with Crippen LogP contribution < -0.4 is 5.32 Å². The number of nitrogens with zero attached hydrogens (tertiary/aromatic N) is 1. The van der Waals surface area contributed by atoms with Crippen LogP contribution in [0, 0.1) is 35.0 Å². The first kappa shape index (κ1) is 18.3. The van der Waals surface area contributed by atoms with Gasteiger partial charge in [-0.1, -0.05) is 13.8 Å². The summed E-state index contributed by atoms with van der Waals surface area (Å²) < 4.78 is 0. The summed E-state index contributed by atoms with van der Waals surface area (Å²) in [5, 5.41) is 3.43. The maximum absolute atomic E-state index is 12.9. The van der Waals surface area contributed by atoms with Crippen molar-refractivity contribution in [2.24, 2.45) is 35.0 Å². The molecule has 1 heterocycles. The molecule has 5 aliphatic rings. The van der Waals surface area contributed by atoms with Crippen LogP contribution in [0.1, 0.15) is 72.1 Å². The second-order valence-electron chi connectivity index (χ2n) is 10.3. The predicted octanol–water partition coefficient (Wildman–Crippen LogP) is 3.60. The number of piperidine rings is 1. The van der Waals surface area contributed by atoms with Gasteiger partial charge >= 0.3 is 0 Å². The van der Waals surface area contributed by atoms with E-state index in [4.69, 9.17) is 0 Å². The monoisotopic (exact) mass is 360 g/mol. The Hall–Kier alpha value is -1.06. The van der Waals surface area contributed by atoms with Crippen LogP contribution in [0.5, 0.6) is 0 Å². The molecule has 0 aromatic rings. The van der Waals surface area contributed by atoms with Crippen LogP contribution in [0.3, 0.4) is 0 Å².